The summed E-state index contributed by atoms with van der Waals surface area (Å²) in [5.74, 6) is -1.14. The largest absolute Gasteiger partial charge is 0.388 e. The minimum absolute atomic E-state index is 0.176. The van der Waals surface area contributed by atoms with E-state index < -0.39 is 11.9 Å². The standard InChI is InChI=1S/C18H19F2NO2/c1-12(9-13-5-2-3-8-16(13)20)21-18(23)11-17(22)14-6-4-7-15(19)10-14/h2-8,10,12,17,22H,9,11H2,1H3,(H,21,23). The van der Waals surface area contributed by atoms with Crippen LogP contribution < -0.4 is 5.32 Å². The fourth-order valence-electron chi connectivity index (χ4n) is 2.39. The van der Waals surface area contributed by atoms with E-state index in [-0.39, 0.29) is 24.2 Å². The molecule has 2 N–H and O–H groups in total. The second kappa shape index (κ2) is 7.83. The number of carbonyl (C=O) groups excluding carboxylic acids is 1. The predicted octanol–water partition coefficient (Wildman–Crippen LogP) is 3.14. The van der Waals surface area contributed by atoms with E-state index in [1.807, 2.05) is 0 Å². The average Bonchev–Trinajstić information content (AvgIpc) is 2.49. The lowest BCUT2D eigenvalue weighted by Crippen LogP contribution is -2.35. The number of nitrogens with one attached hydrogen (secondary N) is 1. The van der Waals surface area contributed by atoms with Gasteiger partial charge in [-0.05, 0) is 42.7 Å². The third-order valence-corrected chi connectivity index (χ3v) is 3.50. The van der Waals surface area contributed by atoms with Crippen LogP contribution in [0.15, 0.2) is 48.5 Å². The number of hydrogen-bond donors (Lipinski definition) is 2. The highest BCUT2D eigenvalue weighted by molar-refractivity contribution is 5.77. The lowest BCUT2D eigenvalue weighted by molar-refractivity contribution is -0.123. The summed E-state index contributed by atoms with van der Waals surface area (Å²) >= 11 is 0. The van der Waals surface area contributed by atoms with Crippen LogP contribution >= 0.6 is 0 Å². The van der Waals surface area contributed by atoms with Crippen molar-refractivity contribution >= 4 is 5.91 Å². The number of rotatable bonds is 6. The molecule has 0 bridgehead atoms. The molecule has 1 amide bonds. The van der Waals surface area contributed by atoms with Crippen molar-refractivity contribution in [1.82, 2.24) is 5.32 Å². The van der Waals surface area contributed by atoms with Gasteiger partial charge in [0.25, 0.3) is 0 Å². The molecule has 2 rings (SSSR count). The van der Waals surface area contributed by atoms with Gasteiger partial charge in [0.05, 0.1) is 12.5 Å². The van der Waals surface area contributed by atoms with Crippen molar-refractivity contribution < 1.29 is 18.7 Å². The van der Waals surface area contributed by atoms with E-state index in [4.69, 9.17) is 0 Å². The molecule has 2 aromatic rings. The number of carbonyl (C=O) groups is 1. The smallest absolute Gasteiger partial charge is 0.223 e. The second-order valence-corrected chi connectivity index (χ2v) is 5.54. The zero-order valence-electron chi connectivity index (χ0n) is 12.8. The topological polar surface area (TPSA) is 49.3 Å². The van der Waals surface area contributed by atoms with Crippen molar-refractivity contribution in [2.75, 3.05) is 0 Å². The van der Waals surface area contributed by atoms with Gasteiger partial charge in [-0.2, -0.15) is 0 Å². The molecule has 3 nitrogen and oxygen atoms in total. The lowest BCUT2D eigenvalue weighted by atomic mass is 10.0. The quantitative estimate of drug-likeness (QED) is 0.859. The van der Waals surface area contributed by atoms with Crippen LogP contribution in [0.2, 0.25) is 0 Å². The van der Waals surface area contributed by atoms with Gasteiger partial charge in [0, 0.05) is 6.04 Å². The molecule has 0 spiro atoms. The summed E-state index contributed by atoms with van der Waals surface area (Å²) in [4.78, 5) is 11.9. The Hall–Kier alpha value is -2.27. The van der Waals surface area contributed by atoms with Gasteiger partial charge in [0.1, 0.15) is 11.6 Å². The van der Waals surface area contributed by atoms with Crippen molar-refractivity contribution in [2.24, 2.45) is 0 Å². The summed E-state index contributed by atoms with van der Waals surface area (Å²) < 4.78 is 26.7. The van der Waals surface area contributed by atoms with E-state index in [0.29, 0.717) is 17.5 Å². The van der Waals surface area contributed by atoms with Gasteiger partial charge in [-0.15, -0.1) is 0 Å². The Balaban J connectivity index is 1.88. The molecule has 0 aliphatic heterocycles. The molecule has 2 unspecified atom stereocenters. The minimum atomic E-state index is -1.08. The molecule has 0 aromatic heterocycles. The summed E-state index contributed by atoms with van der Waals surface area (Å²) in [5.41, 5.74) is 0.868. The van der Waals surface area contributed by atoms with Gasteiger partial charge in [0.15, 0.2) is 0 Å². The van der Waals surface area contributed by atoms with Crippen LogP contribution in [0.4, 0.5) is 8.78 Å². The fraction of sp³-hybridized carbons (Fsp3) is 0.278. The molecule has 0 heterocycles. The van der Waals surface area contributed by atoms with Crippen molar-refractivity contribution in [3.8, 4) is 0 Å². The first-order valence-electron chi connectivity index (χ1n) is 7.42. The van der Waals surface area contributed by atoms with Crippen LogP contribution in [0.3, 0.4) is 0 Å². The zero-order valence-corrected chi connectivity index (χ0v) is 12.8. The van der Waals surface area contributed by atoms with E-state index in [1.54, 1.807) is 31.2 Å². The number of amides is 1. The third-order valence-electron chi connectivity index (χ3n) is 3.50. The van der Waals surface area contributed by atoms with Gasteiger partial charge in [-0.1, -0.05) is 30.3 Å². The molecule has 122 valence electrons. The van der Waals surface area contributed by atoms with Crippen LogP contribution in [0.5, 0.6) is 0 Å². The van der Waals surface area contributed by atoms with E-state index >= 15 is 0 Å². The van der Waals surface area contributed by atoms with Crippen molar-refractivity contribution in [1.29, 1.82) is 0 Å². The SMILES string of the molecule is CC(Cc1ccccc1F)NC(=O)CC(O)c1cccc(F)c1. The van der Waals surface area contributed by atoms with Crippen LogP contribution in [0, 0.1) is 11.6 Å². The summed E-state index contributed by atoms with van der Waals surface area (Å²) in [5, 5.41) is 12.7. The number of halogens is 2. The zero-order chi connectivity index (χ0) is 16.8. The molecule has 0 saturated carbocycles. The highest BCUT2D eigenvalue weighted by Crippen LogP contribution is 2.17. The molecular formula is C18H19F2NO2. The van der Waals surface area contributed by atoms with Gasteiger partial charge in [-0.3, -0.25) is 4.79 Å². The molecule has 2 aromatic carbocycles. The van der Waals surface area contributed by atoms with Crippen LogP contribution in [-0.2, 0) is 11.2 Å². The molecule has 0 aliphatic rings. The first-order valence-corrected chi connectivity index (χ1v) is 7.42. The molecule has 23 heavy (non-hydrogen) atoms. The Kier molecular flexibility index (Phi) is 5.82. The van der Waals surface area contributed by atoms with Crippen molar-refractivity contribution in [3.05, 3.63) is 71.3 Å². The molecule has 0 aliphatic carbocycles. The molecule has 0 saturated heterocycles. The molecule has 2 atom stereocenters. The Labute approximate surface area is 134 Å². The second-order valence-electron chi connectivity index (χ2n) is 5.54. The highest BCUT2D eigenvalue weighted by atomic mass is 19.1. The highest BCUT2D eigenvalue weighted by Gasteiger charge is 2.16. The molecule has 0 fully saturated rings. The first kappa shape index (κ1) is 17.1. The van der Waals surface area contributed by atoms with Gasteiger partial charge < -0.3 is 10.4 Å². The van der Waals surface area contributed by atoms with E-state index in [1.165, 1.54) is 24.3 Å². The van der Waals surface area contributed by atoms with E-state index in [2.05, 4.69) is 5.32 Å². The summed E-state index contributed by atoms with van der Waals surface area (Å²) in [6.45, 7) is 1.76. The number of hydrogen-bond acceptors (Lipinski definition) is 2. The Morgan fingerprint density at radius 2 is 1.91 bits per heavy atom. The van der Waals surface area contributed by atoms with Gasteiger partial charge in [0.2, 0.25) is 5.91 Å². The number of benzene rings is 2. The van der Waals surface area contributed by atoms with Crippen molar-refractivity contribution in [2.45, 2.75) is 31.9 Å². The maximum atomic E-state index is 13.6. The monoisotopic (exact) mass is 319 g/mol. The van der Waals surface area contributed by atoms with Crippen LogP contribution in [-0.4, -0.2) is 17.1 Å². The van der Waals surface area contributed by atoms with E-state index in [0.717, 1.165) is 0 Å². The molecular weight excluding hydrogens is 300 g/mol. The summed E-state index contributed by atoms with van der Waals surface area (Å²) in [6, 6.07) is 11.6. The molecule has 5 heteroatoms. The number of aliphatic hydroxyl groups is 1. The molecule has 0 radical (unpaired) electrons. The van der Waals surface area contributed by atoms with Crippen LogP contribution in [0.1, 0.15) is 30.6 Å². The van der Waals surface area contributed by atoms with Crippen LogP contribution in [0.25, 0.3) is 0 Å². The number of aliphatic hydroxyl groups excluding tert-OH is 1. The Bertz CT molecular complexity index is 676. The van der Waals surface area contributed by atoms with E-state index in [9.17, 15) is 18.7 Å². The maximum absolute atomic E-state index is 13.6. The normalized spacial score (nSPS) is 13.4. The summed E-state index contributed by atoms with van der Waals surface area (Å²) in [7, 11) is 0. The fourth-order valence-corrected chi connectivity index (χ4v) is 2.39. The van der Waals surface area contributed by atoms with Gasteiger partial charge >= 0.3 is 0 Å². The minimum Gasteiger partial charge on any atom is -0.388 e. The lowest BCUT2D eigenvalue weighted by Gasteiger charge is -2.16. The maximum Gasteiger partial charge on any atom is 0.223 e. The van der Waals surface area contributed by atoms with Gasteiger partial charge in [-0.25, -0.2) is 8.78 Å². The Morgan fingerprint density at radius 3 is 2.61 bits per heavy atom. The first-order chi connectivity index (χ1) is 11.0. The third kappa shape index (κ3) is 5.14. The van der Waals surface area contributed by atoms with Crippen molar-refractivity contribution in [3.63, 3.8) is 0 Å². The summed E-state index contributed by atoms with van der Waals surface area (Å²) in [6.07, 6.45) is -0.897. The Morgan fingerprint density at radius 1 is 1.17 bits per heavy atom. The predicted molar refractivity (Wildman–Crippen MR) is 83.7 cm³/mol. The average molecular weight is 319 g/mol.